The van der Waals surface area contributed by atoms with Gasteiger partial charge in [-0.3, -0.25) is 4.79 Å². The van der Waals surface area contributed by atoms with Crippen molar-refractivity contribution in [3.05, 3.63) is 111 Å². The summed E-state index contributed by atoms with van der Waals surface area (Å²) < 4.78 is 2.64. The highest BCUT2D eigenvalue weighted by molar-refractivity contribution is 9.10. The average Bonchev–Trinajstić information content (AvgIpc) is 3.57. The number of nitrogens with one attached hydrogen (secondary N) is 3. The summed E-state index contributed by atoms with van der Waals surface area (Å²) in [6.45, 7) is 3.93. The highest BCUT2D eigenvalue weighted by Crippen LogP contribution is 2.56. The Bertz CT molecular complexity index is 1890. The van der Waals surface area contributed by atoms with Crippen molar-refractivity contribution in [2.24, 2.45) is 0 Å². The van der Waals surface area contributed by atoms with Crippen molar-refractivity contribution in [3.8, 4) is 11.8 Å². The van der Waals surface area contributed by atoms with Crippen LogP contribution in [0.5, 0.6) is 0 Å². The second-order valence-electron chi connectivity index (χ2n) is 9.69. The minimum absolute atomic E-state index is 0.270. The Morgan fingerprint density at radius 3 is 2.63 bits per heavy atom. The number of para-hydroxylation sites is 1. The van der Waals surface area contributed by atoms with E-state index in [1.54, 1.807) is 0 Å². The van der Waals surface area contributed by atoms with Crippen molar-refractivity contribution < 1.29 is 4.79 Å². The van der Waals surface area contributed by atoms with Crippen LogP contribution in [0.2, 0.25) is 0 Å². The van der Waals surface area contributed by atoms with E-state index in [0.29, 0.717) is 34.0 Å². The number of rotatable bonds is 2. The minimum atomic E-state index is -1.38. The molecule has 184 valence electrons. The van der Waals surface area contributed by atoms with E-state index in [9.17, 15) is 10.1 Å². The van der Waals surface area contributed by atoms with Gasteiger partial charge in [0.1, 0.15) is 11.2 Å². The standard InChI is InChI=1S/C30H21BrN6O/c1-16-8-10-20-21(15-33-25(20)12-16)27-23(14-32)30(22-13-18(31)9-11-24(22)34-29(30)38)26-17(2)36-37(28(26)35-27)19-6-4-3-5-7-19/h3-13,15,33,35H,1-2H3,(H,34,38). The molecule has 1 atom stereocenters. The third-order valence-corrected chi connectivity index (χ3v) is 7.99. The van der Waals surface area contributed by atoms with Crippen LogP contribution in [0.3, 0.4) is 0 Å². The van der Waals surface area contributed by atoms with Crippen LogP contribution >= 0.6 is 15.9 Å². The van der Waals surface area contributed by atoms with Crippen molar-refractivity contribution >= 4 is 49.9 Å². The van der Waals surface area contributed by atoms with E-state index in [4.69, 9.17) is 5.10 Å². The first kappa shape index (κ1) is 22.6. The molecule has 1 unspecified atom stereocenters. The van der Waals surface area contributed by atoms with E-state index in [1.807, 2.05) is 85.4 Å². The molecule has 2 aliphatic rings. The quantitative estimate of drug-likeness (QED) is 0.235. The zero-order valence-corrected chi connectivity index (χ0v) is 22.1. The van der Waals surface area contributed by atoms with Crippen LogP contribution in [-0.4, -0.2) is 20.7 Å². The molecule has 0 aliphatic carbocycles. The summed E-state index contributed by atoms with van der Waals surface area (Å²) in [4.78, 5) is 17.5. The first-order chi connectivity index (χ1) is 18.4. The molecular weight excluding hydrogens is 540 g/mol. The molecule has 1 amide bonds. The fourth-order valence-electron chi connectivity index (χ4n) is 5.90. The van der Waals surface area contributed by atoms with Crippen molar-refractivity contribution in [2.45, 2.75) is 19.3 Å². The molecule has 0 bridgehead atoms. The van der Waals surface area contributed by atoms with Crippen LogP contribution in [-0.2, 0) is 10.2 Å². The smallest absolute Gasteiger partial charge is 0.245 e. The molecule has 2 aromatic heterocycles. The van der Waals surface area contributed by atoms with E-state index in [2.05, 4.69) is 43.7 Å². The molecule has 5 aromatic rings. The Morgan fingerprint density at radius 1 is 1.03 bits per heavy atom. The lowest BCUT2D eigenvalue weighted by molar-refractivity contribution is -0.118. The minimum Gasteiger partial charge on any atom is -0.360 e. The van der Waals surface area contributed by atoms with E-state index < -0.39 is 5.41 Å². The fraction of sp³-hybridized carbons (Fsp3) is 0.100. The highest BCUT2D eigenvalue weighted by atomic mass is 79.9. The maximum atomic E-state index is 14.2. The van der Waals surface area contributed by atoms with Gasteiger partial charge in [-0.05, 0) is 55.8 Å². The second kappa shape index (κ2) is 7.94. The van der Waals surface area contributed by atoms with E-state index >= 15 is 0 Å². The highest BCUT2D eigenvalue weighted by Gasteiger charge is 2.58. The van der Waals surface area contributed by atoms with Crippen molar-refractivity contribution in [1.82, 2.24) is 14.8 Å². The lowest BCUT2D eigenvalue weighted by atomic mass is 9.67. The van der Waals surface area contributed by atoms with Crippen LogP contribution in [0, 0.1) is 25.2 Å². The molecule has 7 rings (SSSR count). The number of anilines is 2. The number of aromatic nitrogens is 3. The first-order valence-electron chi connectivity index (χ1n) is 12.2. The zero-order chi connectivity index (χ0) is 26.2. The Balaban J connectivity index is 1.62. The van der Waals surface area contributed by atoms with Gasteiger partial charge in [-0.2, -0.15) is 10.4 Å². The lowest BCUT2D eigenvalue weighted by Crippen LogP contribution is -2.42. The van der Waals surface area contributed by atoms with E-state index in [-0.39, 0.29) is 5.91 Å². The van der Waals surface area contributed by atoms with Gasteiger partial charge < -0.3 is 15.6 Å². The molecule has 0 saturated carbocycles. The number of aryl methyl sites for hydroxylation is 2. The van der Waals surface area contributed by atoms with Gasteiger partial charge in [-0.25, -0.2) is 4.68 Å². The molecule has 8 heteroatoms. The Kier molecular flexibility index (Phi) is 4.72. The maximum Gasteiger partial charge on any atom is 0.245 e. The number of nitrogens with zero attached hydrogens (tertiary/aromatic N) is 3. The summed E-state index contributed by atoms with van der Waals surface area (Å²) in [6, 6.07) is 24.1. The van der Waals surface area contributed by atoms with Crippen LogP contribution in [0.15, 0.2) is 83.0 Å². The lowest BCUT2D eigenvalue weighted by Gasteiger charge is -2.34. The van der Waals surface area contributed by atoms with Gasteiger partial charge in [0.15, 0.2) is 0 Å². The molecule has 0 saturated heterocycles. The van der Waals surface area contributed by atoms with Crippen LogP contribution in [0.1, 0.15) is 27.9 Å². The van der Waals surface area contributed by atoms with Gasteiger partial charge in [0.2, 0.25) is 5.91 Å². The summed E-state index contributed by atoms with van der Waals surface area (Å²) in [6.07, 6.45) is 1.90. The summed E-state index contributed by atoms with van der Waals surface area (Å²) in [5.74, 6) is 0.390. The fourth-order valence-corrected chi connectivity index (χ4v) is 6.26. The Labute approximate surface area is 226 Å². The number of nitriles is 1. The number of carbonyl (C=O) groups excluding carboxylic acids is 1. The molecular formula is C30H21BrN6O. The van der Waals surface area contributed by atoms with Crippen molar-refractivity contribution in [1.29, 1.82) is 5.26 Å². The molecule has 3 N–H and O–H groups in total. The number of H-pyrrole nitrogens is 1. The van der Waals surface area contributed by atoms with Gasteiger partial charge in [0.25, 0.3) is 0 Å². The van der Waals surface area contributed by atoms with Crippen molar-refractivity contribution in [3.63, 3.8) is 0 Å². The maximum absolute atomic E-state index is 14.2. The van der Waals surface area contributed by atoms with Gasteiger partial charge in [-0.15, -0.1) is 0 Å². The topological polar surface area (TPSA) is 98.5 Å². The second-order valence-corrected chi connectivity index (χ2v) is 10.6. The normalized spacial score (nSPS) is 17.8. The predicted molar refractivity (Wildman–Crippen MR) is 151 cm³/mol. The Hall–Kier alpha value is -4.61. The van der Waals surface area contributed by atoms with Crippen molar-refractivity contribution in [2.75, 3.05) is 10.6 Å². The molecule has 7 nitrogen and oxygen atoms in total. The summed E-state index contributed by atoms with van der Waals surface area (Å²) >= 11 is 3.59. The third kappa shape index (κ3) is 2.88. The Morgan fingerprint density at radius 2 is 1.84 bits per heavy atom. The summed E-state index contributed by atoms with van der Waals surface area (Å²) in [5, 5.41) is 23.2. The molecule has 1 spiro atoms. The van der Waals surface area contributed by atoms with Gasteiger partial charge in [-0.1, -0.05) is 46.3 Å². The van der Waals surface area contributed by atoms with Gasteiger partial charge in [0, 0.05) is 44.0 Å². The van der Waals surface area contributed by atoms with Gasteiger partial charge in [0.05, 0.1) is 28.7 Å². The van der Waals surface area contributed by atoms with Crippen LogP contribution in [0.25, 0.3) is 22.3 Å². The average molecular weight is 561 g/mol. The van der Waals surface area contributed by atoms with Crippen LogP contribution in [0.4, 0.5) is 11.5 Å². The third-order valence-electron chi connectivity index (χ3n) is 7.50. The molecule has 38 heavy (non-hydrogen) atoms. The zero-order valence-electron chi connectivity index (χ0n) is 20.6. The number of hydrogen-bond donors (Lipinski definition) is 3. The number of carbonyl (C=O) groups is 1. The van der Waals surface area contributed by atoms with Gasteiger partial charge >= 0.3 is 0 Å². The predicted octanol–water partition coefficient (Wildman–Crippen LogP) is 6.33. The molecule has 4 heterocycles. The number of hydrogen-bond acceptors (Lipinski definition) is 4. The number of benzene rings is 3. The SMILES string of the molecule is Cc1ccc2c(C3=C(C#N)C4(C(=O)Nc5ccc(Br)cc54)c4c(C)nn(-c5ccccc5)c4N3)c[nH]c2c1. The largest absolute Gasteiger partial charge is 0.360 e. The number of amides is 1. The summed E-state index contributed by atoms with van der Waals surface area (Å²) in [5.41, 5.74) is 6.02. The van der Waals surface area contributed by atoms with Crippen LogP contribution < -0.4 is 10.6 Å². The number of aromatic amines is 1. The molecule has 3 aromatic carbocycles. The molecule has 0 radical (unpaired) electrons. The van der Waals surface area contributed by atoms with E-state index in [1.165, 1.54) is 0 Å². The first-order valence-corrected chi connectivity index (χ1v) is 13.0. The monoisotopic (exact) mass is 560 g/mol. The summed E-state index contributed by atoms with van der Waals surface area (Å²) in [7, 11) is 0. The molecule has 0 fully saturated rings. The molecule has 2 aliphatic heterocycles. The van der Waals surface area contributed by atoms with E-state index in [0.717, 1.165) is 37.8 Å². The number of fused-ring (bicyclic) bond motifs is 5. The number of halogens is 1.